The molecule has 32 heavy (non-hydrogen) atoms. The number of hydrogen-bond acceptors (Lipinski definition) is 5. The number of methoxy groups -OCH3 is 1. The van der Waals surface area contributed by atoms with Crippen LogP contribution in [-0.4, -0.2) is 29.5 Å². The predicted molar refractivity (Wildman–Crippen MR) is 128 cm³/mol. The maximum Gasteiger partial charge on any atom is 0.246 e. The molecule has 2 N–H and O–H groups in total. The fraction of sp³-hybridized carbons (Fsp3) is 0.0800. The Morgan fingerprint density at radius 2 is 1.50 bits per heavy atom. The highest BCUT2D eigenvalue weighted by Crippen LogP contribution is 2.26. The second kappa shape index (κ2) is 9.94. The number of carbonyl (C=O) groups excluding carboxylic acids is 1. The van der Waals surface area contributed by atoms with Gasteiger partial charge in [-0.2, -0.15) is 0 Å². The third kappa shape index (κ3) is 5.42. The molecular formula is C25H21ClN4O2. The van der Waals surface area contributed by atoms with Crippen LogP contribution in [0.2, 0.25) is 5.02 Å². The van der Waals surface area contributed by atoms with E-state index < -0.39 is 0 Å². The summed E-state index contributed by atoms with van der Waals surface area (Å²) in [5.41, 5.74) is 4.02. The van der Waals surface area contributed by atoms with Crippen molar-refractivity contribution in [3.63, 3.8) is 0 Å². The lowest BCUT2D eigenvalue weighted by Gasteiger charge is -2.11. The molecule has 0 bridgehead atoms. The topological polar surface area (TPSA) is 76.1 Å². The molecule has 1 aromatic heterocycles. The first-order chi connectivity index (χ1) is 15.6. The number of nitrogens with one attached hydrogen (secondary N) is 2. The molecule has 7 heteroatoms. The Morgan fingerprint density at radius 1 is 0.875 bits per heavy atom. The molecule has 0 unspecified atom stereocenters. The van der Waals surface area contributed by atoms with E-state index in [2.05, 4.69) is 20.6 Å². The lowest BCUT2D eigenvalue weighted by Crippen LogP contribution is -2.23. The Balaban J connectivity index is 1.58. The van der Waals surface area contributed by atoms with Crippen LogP contribution in [0.4, 0.5) is 11.6 Å². The van der Waals surface area contributed by atoms with Gasteiger partial charge in [-0.1, -0.05) is 41.9 Å². The number of halogens is 1. The van der Waals surface area contributed by atoms with Gasteiger partial charge in [0, 0.05) is 21.8 Å². The number of benzene rings is 3. The molecular weight excluding hydrogens is 424 g/mol. The summed E-state index contributed by atoms with van der Waals surface area (Å²) in [4.78, 5) is 21.7. The number of anilines is 2. The summed E-state index contributed by atoms with van der Waals surface area (Å²) >= 11 is 5.90. The smallest absolute Gasteiger partial charge is 0.246 e. The van der Waals surface area contributed by atoms with Crippen molar-refractivity contribution >= 4 is 29.1 Å². The van der Waals surface area contributed by atoms with Gasteiger partial charge in [-0.3, -0.25) is 10.1 Å². The zero-order valence-corrected chi connectivity index (χ0v) is 18.1. The van der Waals surface area contributed by atoms with E-state index in [-0.39, 0.29) is 18.4 Å². The van der Waals surface area contributed by atoms with Gasteiger partial charge >= 0.3 is 0 Å². The third-order valence-electron chi connectivity index (χ3n) is 4.73. The molecule has 1 heterocycles. The molecule has 0 saturated heterocycles. The molecule has 1 amide bonds. The minimum atomic E-state index is -0.258. The highest BCUT2D eigenvalue weighted by Gasteiger charge is 2.11. The molecule has 0 aliphatic rings. The summed E-state index contributed by atoms with van der Waals surface area (Å²) in [7, 11) is 1.62. The monoisotopic (exact) mass is 444 g/mol. The van der Waals surface area contributed by atoms with Gasteiger partial charge in [-0.05, 0) is 54.6 Å². The van der Waals surface area contributed by atoms with Gasteiger partial charge in [0.2, 0.25) is 11.9 Å². The molecule has 0 radical (unpaired) electrons. The van der Waals surface area contributed by atoms with Crippen molar-refractivity contribution in [1.29, 1.82) is 0 Å². The lowest BCUT2D eigenvalue weighted by atomic mass is 10.1. The quantitative estimate of drug-likeness (QED) is 0.392. The average Bonchev–Trinajstić information content (AvgIpc) is 2.84. The van der Waals surface area contributed by atoms with Crippen molar-refractivity contribution in [1.82, 2.24) is 9.97 Å². The summed E-state index contributed by atoms with van der Waals surface area (Å²) in [6.45, 7) is 0.0679. The number of ether oxygens (including phenoxy) is 1. The Bertz CT molecular complexity index is 1200. The summed E-state index contributed by atoms with van der Waals surface area (Å²) in [5, 5.41) is 6.49. The maximum absolute atomic E-state index is 12.5. The van der Waals surface area contributed by atoms with E-state index in [1.54, 1.807) is 19.2 Å². The number of rotatable bonds is 7. The molecule has 0 aliphatic carbocycles. The van der Waals surface area contributed by atoms with E-state index in [0.29, 0.717) is 16.4 Å². The zero-order valence-electron chi connectivity index (χ0n) is 17.4. The van der Waals surface area contributed by atoms with Gasteiger partial charge in [-0.25, -0.2) is 9.97 Å². The van der Waals surface area contributed by atoms with Crippen LogP contribution < -0.4 is 15.4 Å². The fourth-order valence-corrected chi connectivity index (χ4v) is 3.21. The Kier molecular flexibility index (Phi) is 6.63. The van der Waals surface area contributed by atoms with E-state index in [9.17, 15) is 4.79 Å². The molecule has 4 aromatic rings. The molecule has 4 rings (SSSR count). The Labute approximate surface area is 191 Å². The van der Waals surface area contributed by atoms with E-state index in [0.717, 1.165) is 22.6 Å². The predicted octanol–water partition coefficient (Wildman–Crippen LogP) is 5.52. The van der Waals surface area contributed by atoms with Crippen molar-refractivity contribution in [2.24, 2.45) is 0 Å². The number of hydrogen-bond donors (Lipinski definition) is 2. The van der Waals surface area contributed by atoms with Gasteiger partial charge in [-0.15, -0.1) is 0 Å². The van der Waals surface area contributed by atoms with E-state index >= 15 is 0 Å². The first-order valence-electron chi connectivity index (χ1n) is 9.99. The number of nitrogens with zero attached hydrogens (tertiary/aromatic N) is 2. The summed E-state index contributed by atoms with van der Waals surface area (Å²) in [5.74, 6) is 0.735. The highest BCUT2D eigenvalue weighted by molar-refractivity contribution is 6.30. The van der Waals surface area contributed by atoms with Gasteiger partial charge in [0.15, 0.2) is 0 Å². The van der Waals surface area contributed by atoms with Gasteiger partial charge in [0.25, 0.3) is 0 Å². The molecule has 0 saturated carbocycles. The van der Waals surface area contributed by atoms with Crippen molar-refractivity contribution < 1.29 is 9.53 Å². The third-order valence-corrected chi connectivity index (χ3v) is 4.98. The van der Waals surface area contributed by atoms with Gasteiger partial charge in [0.05, 0.1) is 25.0 Å². The SMILES string of the molecule is COc1ccc(-c2cc(-c3ccccc3)nc(NC(=O)CNc3ccc(Cl)cc3)n2)cc1. The average molecular weight is 445 g/mol. The van der Waals surface area contributed by atoms with Crippen molar-refractivity contribution in [2.45, 2.75) is 0 Å². The summed E-state index contributed by atoms with van der Waals surface area (Å²) in [6.07, 6.45) is 0. The molecule has 6 nitrogen and oxygen atoms in total. The van der Waals surface area contributed by atoms with Crippen molar-refractivity contribution in [3.8, 4) is 28.3 Å². The lowest BCUT2D eigenvalue weighted by molar-refractivity contribution is -0.114. The largest absolute Gasteiger partial charge is 0.497 e. The van der Waals surface area contributed by atoms with Crippen molar-refractivity contribution in [2.75, 3.05) is 24.3 Å². The number of amides is 1. The normalized spacial score (nSPS) is 10.4. The molecule has 0 aliphatic heterocycles. The first kappa shape index (κ1) is 21.3. The van der Waals surface area contributed by atoms with Crippen molar-refractivity contribution in [3.05, 3.63) is 90.0 Å². The van der Waals surface area contributed by atoms with Gasteiger partial charge in [0.1, 0.15) is 5.75 Å². The number of aromatic nitrogens is 2. The Morgan fingerprint density at radius 3 is 2.12 bits per heavy atom. The highest BCUT2D eigenvalue weighted by atomic mass is 35.5. The van der Waals surface area contributed by atoms with E-state index in [1.165, 1.54) is 0 Å². The molecule has 0 atom stereocenters. The first-order valence-corrected chi connectivity index (χ1v) is 10.4. The van der Waals surface area contributed by atoms with Crippen LogP contribution in [0.25, 0.3) is 22.5 Å². The van der Waals surface area contributed by atoms with Crippen LogP contribution in [0.1, 0.15) is 0 Å². The number of carbonyl (C=O) groups is 1. The zero-order chi connectivity index (χ0) is 22.3. The summed E-state index contributed by atoms with van der Waals surface area (Å²) in [6, 6.07) is 26.4. The molecule has 0 spiro atoms. The van der Waals surface area contributed by atoms with Crippen LogP contribution in [0.15, 0.2) is 84.9 Å². The maximum atomic E-state index is 12.5. The molecule has 3 aromatic carbocycles. The second-order valence-electron chi connectivity index (χ2n) is 6.97. The van der Waals surface area contributed by atoms with Crippen LogP contribution in [-0.2, 0) is 4.79 Å². The van der Waals surface area contributed by atoms with Crippen LogP contribution in [0, 0.1) is 0 Å². The van der Waals surface area contributed by atoms with Crippen LogP contribution in [0.5, 0.6) is 5.75 Å². The van der Waals surface area contributed by atoms with Gasteiger partial charge < -0.3 is 10.1 Å². The minimum Gasteiger partial charge on any atom is -0.497 e. The standard InChI is InChI=1S/C25H21ClN4O2/c1-32-21-13-7-18(8-14-21)23-15-22(17-5-3-2-4-6-17)28-25(29-23)30-24(31)16-27-20-11-9-19(26)10-12-20/h2-15,27H,16H2,1H3,(H,28,29,30,31). The minimum absolute atomic E-state index is 0.0679. The van der Waals surface area contributed by atoms with E-state index in [4.69, 9.17) is 16.3 Å². The van der Waals surface area contributed by atoms with E-state index in [1.807, 2.05) is 72.8 Å². The Hall–Kier alpha value is -3.90. The molecule has 0 fully saturated rings. The van der Waals surface area contributed by atoms with Crippen LogP contribution in [0.3, 0.4) is 0 Å². The van der Waals surface area contributed by atoms with Crippen LogP contribution >= 0.6 is 11.6 Å². The summed E-state index contributed by atoms with van der Waals surface area (Å²) < 4.78 is 5.24. The molecule has 160 valence electrons. The fourth-order valence-electron chi connectivity index (χ4n) is 3.09. The second-order valence-corrected chi connectivity index (χ2v) is 7.40.